The van der Waals surface area contributed by atoms with Gasteiger partial charge in [0, 0.05) is 4.47 Å². The maximum absolute atomic E-state index is 13.4. The molecule has 0 atom stereocenters. The van der Waals surface area contributed by atoms with Crippen molar-refractivity contribution in [1.29, 1.82) is 0 Å². The van der Waals surface area contributed by atoms with Crippen LogP contribution in [0.2, 0.25) is 0 Å². The maximum Gasteiger partial charge on any atom is 0.263 e. The van der Waals surface area contributed by atoms with Crippen LogP contribution in [0.3, 0.4) is 0 Å². The van der Waals surface area contributed by atoms with Crippen molar-refractivity contribution in [2.75, 3.05) is 4.72 Å². The topological polar surface area (TPSA) is 46.2 Å². The Bertz CT molecular complexity index is 719. The fraction of sp³-hybridized carbons (Fsp3) is 0. The largest absolute Gasteiger partial charge is 0.277 e. The third-order valence-electron chi connectivity index (χ3n) is 2.30. The summed E-state index contributed by atoms with van der Waals surface area (Å²) in [6.07, 6.45) is 0. The summed E-state index contributed by atoms with van der Waals surface area (Å²) in [5.41, 5.74) is -0.168. The summed E-state index contributed by atoms with van der Waals surface area (Å²) < 4.78 is 52.6. The van der Waals surface area contributed by atoms with E-state index in [2.05, 4.69) is 20.7 Å². The Hall–Kier alpha value is -1.47. The van der Waals surface area contributed by atoms with Crippen LogP contribution in [-0.4, -0.2) is 8.42 Å². The summed E-state index contributed by atoms with van der Waals surface area (Å²) >= 11 is 2.96. The van der Waals surface area contributed by atoms with Gasteiger partial charge in [-0.05, 0) is 46.3 Å². The van der Waals surface area contributed by atoms with E-state index in [1.807, 2.05) is 0 Å². The zero-order valence-electron chi connectivity index (χ0n) is 9.40. The van der Waals surface area contributed by atoms with E-state index in [9.17, 15) is 17.2 Å². The standard InChI is InChI=1S/C12H8BrF2NO2S/c13-9-7-8(14)5-6-12(9)19(17,18)16-11-4-2-1-3-10(11)15/h1-7,16H. The fourth-order valence-corrected chi connectivity index (χ4v) is 3.55. The van der Waals surface area contributed by atoms with E-state index in [4.69, 9.17) is 0 Å². The van der Waals surface area contributed by atoms with Crippen LogP contribution in [0.25, 0.3) is 0 Å². The van der Waals surface area contributed by atoms with Crippen LogP contribution in [0.1, 0.15) is 0 Å². The molecule has 0 unspecified atom stereocenters. The maximum atomic E-state index is 13.4. The van der Waals surface area contributed by atoms with Gasteiger partial charge >= 0.3 is 0 Å². The van der Waals surface area contributed by atoms with Gasteiger partial charge in [-0.15, -0.1) is 0 Å². The minimum absolute atomic E-state index is 0.0661. The van der Waals surface area contributed by atoms with E-state index >= 15 is 0 Å². The summed E-state index contributed by atoms with van der Waals surface area (Å²) in [5, 5.41) is 0. The van der Waals surface area contributed by atoms with Gasteiger partial charge in [-0.3, -0.25) is 4.72 Å². The molecule has 2 aromatic rings. The Labute approximate surface area is 117 Å². The highest BCUT2D eigenvalue weighted by molar-refractivity contribution is 9.10. The summed E-state index contributed by atoms with van der Waals surface area (Å²) in [6, 6.07) is 8.52. The second kappa shape index (κ2) is 5.26. The van der Waals surface area contributed by atoms with Crippen molar-refractivity contribution in [3.05, 3.63) is 58.6 Å². The van der Waals surface area contributed by atoms with Crippen molar-refractivity contribution in [3.63, 3.8) is 0 Å². The van der Waals surface area contributed by atoms with Crippen molar-refractivity contribution in [3.8, 4) is 0 Å². The Kier molecular flexibility index (Phi) is 3.86. The second-order valence-electron chi connectivity index (χ2n) is 3.66. The lowest BCUT2D eigenvalue weighted by molar-refractivity contribution is 0.596. The lowest BCUT2D eigenvalue weighted by Crippen LogP contribution is -2.14. The van der Waals surface area contributed by atoms with Crippen LogP contribution in [0.5, 0.6) is 0 Å². The fourth-order valence-electron chi connectivity index (χ4n) is 1.44. The van der Waals surface area contributed by atoms with E-state index in [1.54, 1.807) is 0 Å². The molecule has 1 N–H and O–H groups in total. The first-order valence-corrected chi connectivity index (χ1v) is 7.40. The van der Waals surface area contributed by atoms with Crippen LogP contribution in [0.15, 0.2) is 51.8 Å². The van der Waals surface area contributed by atoms with E-state index < -0.39 is 21.7 Å². The van der Waals surface area contributed by atoms with Crippen molar-refractivity contribution >= 4 is 31.6 Å². The molecule has 0 saturated carbocycles. The van der Waals surface area contributed by atoms with Crippen LogP contribution in [-0.2, 0) is 10.0 Å². The van der Waals surface area contributed by atoms with Gasteiger partial charge in [-0.1, -0.05) is 12.1 Å². The summed E-state index contributed by atoms with van der Waals surface area (Å²) in [7, 11) is -3.99. The van der Waals surface area contributed by atoms with Gasteiger partial charge in [-0.25, -0.2) is 17.2 Å². The molecule has 0 aliphatic carbocycles. The summed E-state index contributed by atoms with van der Waals surface area (Å²) in [4.78, 5) is -0.169. The van der Waals surface area contributed by atoms with Crippen LogP contribution >= 0.6 is 15.9 Å². The molecule has 0 radical (unpaired) electrons. The van der Waals surface area contributed by atoms with Crippen molar-refractivity contribution in [2.24, 2.45) is 0 Å². The number of para-hydroxylation sites is 1. The number of hydrogen-bond acceptors (Lipinski definition) is 2. The molecule has 0 saturated heterocycles. The molecule has 0 aromatic heterocycles. The first kappa shape index (κ1) is 14.0. The number of anilines is 1. The second-order valence-corrected chi connectivity index (χ2v) is 6.17. The molecule has 2 aromatic carbocycles. The monoisotopic (exact) mass is 347 g/mol. The summed E-state index contributed by atoms with van der Waals surface area (Å²) in [5.74, 6) is -1.26. The highest BCUT2D eigenvalue weighted by Crippen LogP contribution is 2.25. The Morgan fingerprint density at radius 2 is 1.74 bits per heavy atom. The van der Waals surface area contributed by atoms with Crippen molar-refractivity contribution < 1.29 is 17.2 Å². The third-order valence-corrected chi connectivity index (χ3v) is 4.64. The predicted octanol–water partition coefficient (Wildman–Crippen LogP) is 3.53. The number of rotatable bonds is 3. The minimum Gasteiger partial charge on any atom is -0.277 e. The molecule has 0 bridgehead atoms. The molecule has 0 spiro atoms. The van der Waals surface area contributed by atoms with Gasteiger partial charge in [0.05, 0.1) is 5.69 Å². The molecule has 0 amide bonds. The quantitative estimate of drug-likeness (QED) is 0.923. The van der Waals surface area contributed by atoms with E-state index in [0.29, 0.717) is 0 Å². The van der Waals surface area contributed by atoms with E-state index in [0.717, 1.165) is 24.3 Å². The average molecular weight is 348 g/mol. The molecule has 100 valence electrons. The normalized spacial score (nSPS) is 11.3. The number of sulfonamides is 1. The molecular weight excluding hydrogens is 340 g/mol. The first-order valence-electron chi connectivity index (χ1n) is 5.12. The predicted molar refractivity (Wildman–Crippen MR) is 71.3 cm³/mol. The average Bonchev–Trinajstić information content (AvgIpc) is 2.31. The van der Waals surface area contributed by atoms with Gasteiger partial charge in [0.25, 0.3) is 10.0 Å². The third kappa shape index (κ3) is 3.10. The smallest absolute Gasteiger partial charge is 0.263 e. The first-order chi connectivity index (χ1) is 8.90. The molecule has 19 heavy (non-hydrogen) atoms. The molecule has 2 rings (SSSR count). The van der Waals surface area contributed by atoms with Crippen LogP contribution in [0.4, 0.5) is 14.5 Å². The molecular formula is C12H8BrF2NO2S. The highest BCUT2D eigenvalue weighted by atomic mass is 79.9. The Morgan fingerprint density at radius 3 is 2.37 bits per heavy atom. The minimum atomic E-state index is -3.99. The number of hydrogen-bond donors (Lipinski definition) is 1. The van der Waals surface area contributed by atoms with Crippen molar-refractivity contribution in [2.45, 2.75) is 4.90 Å². The molecule has 3 nitrogen and oxygen atoms in total. The number of benzene rings is 2. The highest BCUT2D eigenvalue weighted by Gasteiger charge is 2.19. The van der Waals surface area contributed by atoms with Gasteiger partial charge in [-0.2, -0.15) is 0 Å². The van der Waals surface area contributed by atoms with Crippen molar-refractivity contribution in [1.82, 2.24) is 0 Å². The molecule has 7 heteroatoms. The van der Waals surface area contributed by atoms with E-state index in [-0.39, 0.29) is 15.1 Å². The number of halogens is 3. The van der Waals surface area contributed by atoms with E-state index in [1.165, 1.54) is 18.2 Å². The van der Waals surface area contributed by atoms with Crippen LogP contribution in [0, 0.1) is 11.6 Å². The lowest BCUT2D eigenvalue weighted by Gasteiger charge is -2.10. The SMILES string of the molecule is O=S(=O)(Nc1ccccc1F)c1ccc(F)cc1Br. The van der Waals surface area contributed by atoms with Gasteiger partial charge in [0.1, 0.15) is 16.5 Å². The lowest BCUT2D eigenvalue weighted by atomic mass is 10.3. The van der Waals surface area contributed by atoms with Gasteiger partial charge in [0.2, 0.25) is 0 Å². The Balaban J connectivity index is 2.41. The van der Waals surface area contributed by atoms with Gasteiger partial charge in [0.15, 0.2) is 0 Å². The molecule has 0 heterocycles. The zero-order valence-corrected chi connectivity index (χ0v) is 11.8. The zero-order chi connectivity index (χ0) is 14.0. The molecule has 0 fully saturated rings. The molecule has 0 aliphatic rings. The van der Waals surface area contributed by atoms with Crippen LogP contribution < -0.4 is 4.72 Å². The summed E-state index contributed by atoms with van der Waals surface area (Å²) in [6.45, 7) is 0. The molecule has 0 aliphatic heterocycles. The Morgan fingerprint density at radius 1 is 1.05 bits per heavy atom. The van der Waals surface area contributed by atoms with Gasteiger partial charge < -0.3 is 0 Å². The number of nitrogens with one attached hydrogen (secondary N) is 1.